The lowest BCUT2D eigenvalue weighted by molar-refractivity contribution is -0.159. The molecule has 1 unspecified atom stereocenters. The normalized spacial score (nSPS) is 22.2. The van der Waals surface area contributed by atoms with Gasteiger partial charge in [0.1, 0.15) is 0 Å². The Morgan fingerprint density at radius 2 is 2.00 bits per heavy atom. The number of aryl methyl sites for hydroxylation is 1. The summed E-state index contributed by atoms with van der Waals surface area (Å²) in [6.45, 7) is 1.77. The Hall–Kier alpha value is -1.89. The summed E-state index contributed by atoms with van der Waals surface area (Å²) in [5.74, 6) is -1.17. The van der Waals surface area contributed by atoms with Gasteiger partial charge in [0, 0.05) is 18.4 Å². The van der Waals surface area contributed by atoms with E-state index in [0.29, 0.717) is 12.8 Å². The van der Waals surface area contributed by atoms with Crippen LogP contribution in [0, 0.1) is 0 Å². The molecule has 2 heterocycles. The molecule has 1 N–H and O–H groups in total. The summed E-state index contributed by atoms with van der Waals surface area (Å²) in [4.78, 5) is 3.47. The zero-order valence-electron chi connectivity index (χ0n) is 12.6. The molecule has 0 aliphatic carbocycles. The van der Waals surface area contributed by atoms with Crippen LogP contribution < -0.4 is 5.32 Å². The maximum absolute atomic E-state index is 12.5. The zero-order valence-corrected chi connectivity index (χ0v) is 12.6. The molecular weight excluding hydrogens is 307 g/mol. The second-order valence-electron chi connectivity index (χ2n) is 5.94. The smallest absolute Gasteiger partial charge is 0.329 e. The van der Waals surface area contributed by atoms with Crippen molar-refractivity contribution in [3.05, 3.63) is 47.6 Å². The van der Waals surface area contributed by atoms with Crippen molar-refractivity contribution in [2.45, 2.75) is 37.3 Å². The van der Waals surface area contributed by atoms with Crippen LogP contribution >= 0.6 is 0 Å². The third-order valence-corrected chi connectivity index (χ3v) is 4.40. The van der Waals surface area contributed by atoms with Gasteiger partial charge in [0.25, 0.3) is 0 Å². The highest BCUT2D eigenvalue weighted by Crippen LogP contribution is 2.36. The number of rotatable bonds is 4. The van der Waals surface area contributed by atoms with Crippen LogP contribution in [0.5, 0.6) is 0 Å². The quantitative estimate of drug-likeness (QED) is 0.937. The first-order valence-electron chi connectivity index (χ1n) is 7.66. The van der Waals surface area contributed by atoms with Crippen LogP contribution in [0.15, 0.2) is 34.9 Å². The molecule has 0 amide bonds. The largest absolute Gasteiger partial charge is 0.471 e. The molecule has 4 nitrogen and oxygen atoms in total. The lowest BCUT2D eigenvalue weighted by Crippen LogP contribution is -2.43. The third kappa shape index (κ3) is 3.55. The maximum Gasteiger partial charge on any atom is 0.471 e. The van der Waals surface area contributed by atoms with Crippen molar-refractivity contribution in [1.29, 1.82) is 0 Å². The topological polar surface area (TPSA) is 51.0 Å². The van der Waals surface area contributed by atoms with Crippen LogP contribution in [0.2, 0.25) is 0 Å². The predicted molar refractivity (Wildman–Crippen MR) is 77.8 cm³/mol. The van der Waals surface area contributed by atoms with Gasteiger partial charge in [-0.3, -0.25) is 0 Å². The molecule has 0 spiro atoms. The summed E-state index contributed by atoms with van der Waals surface area (Å²) in [5.41, 5.74) is 1.10. The Kier molecular flexibility index (Phi) is 4.39. The van der Waals surface area contributed by atoms with E-state index >= 15 is 0 Å². The van der Waals surface area contributed by atoms with E-state index in [1.54, 1.807) is 0 Å². The van der Waals surface area contributed by atoms with Crippen molar-refractivity contribution in [2.24, 2.45) is 0 Å². The molecule has 1 aromatic carbocycles. The van der Waals surface area contributed by atoms with E-state index in [1.165, 1.54) is 5.56 Å². The Morgan fingerprint density at radius 3 is 2.61 bits per heavy atom. The van der Waals surface area contributed by atoms with Gasteiger partial charge in [-0.25, -0.2) is 0 Å². The number of hydrogen-bond donors (Lipinski definition) is 1. The number of nitrogens with zero attached hydrogens (tertiary/aromatic N) is 2. The van der Waals surface area contributed by atoms with Crippen LogP contribution in [-0.2, 0) is 18.0 Å². The molecule has 1 aliphatic rings. The number of halogens is 3. The van der Waals surface area contributed by atoms with Crippen molar-refractivity contribution >= 4 is 0 Å². The molecule has 2 aromatic rings. The standard InChI is InChI=1S/C16H18F3N3O/c17-16(18,19)14-21-13(22-23-14)7-9-15(8-4-10-20-11-15)12-5-2-1-3-6-12/h1-3,5-6,20H,4,7-11H2. The fraction of sp³-hybridized carbons (Fsp3) is 0.500. The highest BCUT2D eigenvalue weighted by Gasteiger charge is 2.39. The summed E-state index contributed by atoms with van der Waals surface area (Å²) in [6.07, 6.45) is -1.52. The Labute approximate surface area is 132 Å². The van der Waals surface area contributed by atoms with Gasteiger partial charge in [0.05, 0.1) is 0 Å². The van der Waals surface area contributed by atoms with Crippen LogP contribution in [0.3, 0.4) is 0 Å². The van der Waals surface area contributed by atoms with Gasteiger partial charge in [-0.05, 0) is 31.4 Å². The van der Waals surface area contributed by atoms with Gasteiger partial charge in [-0.15, -0.1) is 0 Å². The summed E-state index contributed by atoms with van der Waals surface area (Å²) < 4.78 is 41.9. The van der Waals surface area contributed by atoms with E-state index < -0.39 is 12.1 Å². The van der Waals surface area contributed by atoms with E-state index in [0.717, 1.165) is 25.9 Å². The van der Waals surface area contributed by atoms with Gasteiger partial charge >= 0.3 is 12.1 Å². The first-order valence-corrected chi connectivity index (χ1v) is 7.66. The highest BCUT2D eigenvalue weighted by atomic mass is 19.4. The van der Waals surface area contributed by atoms with Gasteiger partial charge in [0.2, 0.25) is 0 Å². The van der Waals surface area contributed by atoms with E-state index in [9.17, 15) is 13.2 Å². The van der Waals surface area contributed by atoms with E-state index in [2.05, 4.69) is 32.1 Å². The molecule has 124 valence electrons. The fourth-order valence-corrected chi connectivity index (χ4v) is 3.19. The van der Waals surface area contributed by atoms with Crippen LogP contribution in [0.4, 0.5) is 13.2 Å². The lowest BCUT2D eigenvalue weighted by Gasteiger charge is -2.38. The minimum absolute atomic E-state index is 0.0987. The first kappa shape index (κ1) is 16.0. The van der Waals surface area contributed by atoms with Crippen molar-refractivity contribution < 1.29 is 17.7 Å². The second kappa shape index (κ2) is 6.31. The maximum atomic E-state index is 12.5. The van der Waals surface area contributed by atoms with Gasteiger partial charge in [0.15, 0.2) is 5.82 Å². The SMILES string of the molecule is FC(F)(F)c1nc(CCC2(c3ccccc3)CCCNC2)no1. The lowest BCUT2D eigenvalue weighted by atomic mass is 9.71. The number of piperidine rings is 1. The summed E-state index contributed by atoms with van der Waals surface area (Å²) in [6, 6.07) is 10.1. The molecule has 0 radical (unpaired) electrons. The van der Waals surface area contributed by atoms with Crippen molar-refractivity contribution in [1.82, 2.24) is 15.5 Å². The average molecular weight is 325 g/mol. The number of aromatic nitrogens is 2. The number of nitrogens with one attached hydrogen (secondary N) is 1. The molecule has 7 heteroatoms. The van der Waals surface area contributed by atoms with E-state index in [-0.39, 0.29) is 11.2 Å². The van der Waals surface area contributed by atoms with Crippen molar-refractivity contribution in [2.75, 3.05) is 13.1 Å². The van der Waals surface area contributed by atoms with Crippen molar-refractivity contribution in [3.63, 3.8) is 0 Å². The second-order valence-corrected chi connectivity index (χ2v) is 5.94. The molecule has 1 aromatic heterocycles. The van der Waals surface area contributed by atoms with E-state index in [1.807, 2.05) is 18.2 Å². The summed E-state index contributed by atoms with van der Waals surface area (Å²) in [7, 11) is 0. The number of hydrogen-bond acceptors (Lipinski definition) is 4. The van der Waals surface area contributed by atoms with Crippen LogP contribution in [0.1, 0.15) is 36.5 Å². The van der Waals surface area contributed by atoms with Gasteiger partial charge < -0.3 is 9.84 Å². The highest BCUT2D eigenvalue weighted by molar-refractivity contribution is 5.27. The first-order chi connectivity index (χ1) is 11.0. The molecule has 0 bridgehead atoms. The molecule has 1 aliphatic heterocycles. The monoisotopic (exact) mass is 325 g/mol. The molecule has 3 rings (SSSR count). The minimum Gasteiger partial charge on any atom is -0.329 e. The van der Waals surface area contributed by atoms with Crippen LogP contribution in [0.25, 0.3) is 0 Å². The minimum atomic E-state index is -4.59. The molecule has 1 fully saturated rings. The van der Waals surface area contributed by atoms with Crippen molar-refractivity contribution in [3.8, 4) is 0 Å². The van der Waals surface area contributed by atoms with Gasteiger partial charge in [-0.2, -0.15) is 18.2 Å². The number of alkyl halides is 3. The Bertz CT molecular complexity index is 634. The third-order valence-electron chi connectivity index (χ3n) is 4.40. The molecule has 1 saturated heterocycles. The Balaban J connectivity index is 1.76. The molecule has 0 saturated carbocycles. The van der Waals surface area contributed by atoms with E-state index in [4.69, 9.17) is 0 Å². The summed E-state index contributed by atoms with van der Waals surface area (Å²) >= 11 is 0. The molecule has 1 atom stereocenters. The van der Waals surface area contributed by atoms with Gasteiger partial charge in [-0.1, -0.05) is 35.5 Å². The molecule has 23 heavy (non-hydrogen) atoms. The average Bonchev–Trinajstić information content (AvgIpc) is 3.04. The predicted octanol–water partition coefficient (Wildman–Crippen LogP) is 3.34. The van der Waals surface area contributed by atoms with Crippen LogP contribution in [-0.4, -0.2) is 23.2 Å². The molecular formula is C16H18F3N3O. The summed E-state index contributed by atoms with van der Waals surface area (Å²) in [5, 5.41) is 6.86. The number of benzene rings is 1. The Morgan fingerprint density at radius 1 is 1.22 bits per heavy atom. The fourth-order valence-electron chi connectivity index (χ4n) is 3.19. The zero-order chi connectivity index (χ0) is 16.3.